The van der Waals surface area contributed by atoms with E-state index < -0.39 is 42.1 Å². The molecule has 14 heteroatoms. The molecule has 0 saturated heterocycles. The Morgan fingerprint density at radius 3 is 0.952 bits per heavy atom. The molecule has 0 atom stereocenters. The first-order valence-electron chi connectivity index (χ1n) is 4.28. The Kier molecular flexibility index (Phi) is 4.61. The summed E-state index contributed by atoms with van der Waals surface area (Å²) in [6.45, 7) is 0. The largest absolute Gasteiger partial charge is 0.439 e. The summed E-state index contributed by atoms with van der Waals surface area (Å²) in [5.74, 6) is -10.5. The summed E-state index contributed by atoms with van der Waals surface area (Å²) >= 11 is 0. The lowest BCUT2D eigenvalue weighted by molar-refractivity contribution is -0.338. The Balaban J connectivity index is 6.26. The van der Waals surface area contributed by atoms with Crippen LogP contribution in [0.1, 0.15) is 0 Å². The lowest BCUT2D eigenvalue weighted by Crippen LogP contribution is -2.64. The minimum absolute atomic E-state index is 4.75. The van der Waals surface area contributed by atoms with Gasteiger partial charge in [-0.1, -0.05) is 0 Å². The van der Waals surface area contributed by atoms with Gasteiger partial charge in [0.25, 0.3) is 0 Å². The van der Waals surface area contributed by atoms with Crippen LogP contribution in [-0.2, 0) is 4.79 Å². The summed E-state index contributed by atoms with van der Waals surface area (Å²) < 4.78 is 156. The summed E-state index contributed by atoms with van der Waals surface area (Å²) in [7, 11) is 0. The van der Waals surface area contributed by atoms with E-state index in [0.717, 1.165) is 0 Å². The summed E-state index contributed by atoms with van der Waals surface area (Å²) in [5, 5.41) is 0. The maximum absolute atomic E-state index is 12.9. The molecule has 0 aromatic rings. The number of carbonyl (C=O) groups is 1. The molecule has 0 spiro atoms. The van der Waals surface area contributed by atoms with Gasteiger partial charge in [0.2, 0.25) is 11.7 Å². The van der Waals surface area contributed by atoms with Crippen molar-refractivity contribution in [3.63, 3.8) is 0 Å². The first-order chi connectivity index (χ1) is 8.78. The van der Waals surface area contributed by atoms with Crippen molar-refractivity contribution >= 4 is 5.78 Å². The van der Waals surface area contributed by atoms with Crippen LogP contribution in [0.5, 0.6) is 0 Å². The molecule has 0 bridgehead atoms. The summed E-state index contributed by atoms with van der Waals surface area (Å²) in [6.07, 6.45) is -28.5. The number of halogens is 13. The molecular weight excluding hydrogens is 347 g/mol. The lowest BCUT2D eigenvalue weighted by atomic mass is 9.88. The van der Waals surface area contributed by atoms with E-state index in [2.05, 4.69) is 0 Å². The molecule has 126 valence electrons. The van der Waals surface area contributed by atoms with E-state index in [-0.39, 0.29) is 0 Å². The van der Waals surface area contributed by atoms with Crippen molar-refractivity contribution in [3.8, 4) is 0 Å². The first kappa shape index (κ1) is 19.8. The van der Waals surface area contributed by atoms with Gasteiger partial charge in [-0.2, -0.15) is 52.7 Å². The van der Waals surface area contributed by atoms with Crippen molar-refractivity contribution in [2.75, 3.05) is 0 Å². The second kappa shape index (κ2) is 4.90. The normalized spacial score (nSPS) is 15.5. The summed E-state index contributed by atoms with van der Waals surface area (Å²) in [5.41, 5.74) is -7.31. The molecule has 0 aliphatic heterocycles. The highest BCUT2D eigenvalue weighted by Crippen LogP contribution is 2.52. The molecule has 1 nitrogen and oxygen atoms in total. The zero-order chi connectivity index (χ0) is 17.7. The smallest absolute Gasteiger partial charge is 0.294 e. The lowest BCUT2D eigenvalue weighted by Gasteiger charge is -2.32. The van der Waals surface area contributed by atoms with Crippen molar-refractivity contribution in [3.05, 3.63) is 0 Å². The maximum atomic E-state index is 12.9. The van der Waals surface area contributed by atoms with E-state index in [4.69, 9.17) is 0 Å². The predicted octanol–water partition coefficient (Wildman–Crippen LogP) is 4.13. The molecule has 0 heterocycles. The number of ketones is 1. The average molecular weight is 348 g/mol. The van der Waals surface area contributed by atoms with E-state index >= 15 is 0 Å². The minimum Gasteiger partial charge on any atom is -0.294 e. The van der Waals surface area contributed by atoms with Crippen LogP contribution in [0, 0.1) is 5.92 Å². The molecule has 0 fully saturated rings. The standard InChI is InChI=1S/C7HF13O/c8-3(6(15,16)17,7(18,19)20)2(21)1(4(9,10)11)5(12,13)14/h1H. The van der Waals surface area contributed by atoms with Crippen LogP contribution in [-0.4, -0.2) is 36.2 Å². The number of rotatable bonds is 2. The zero-order valence-corrected chi connectivity index (χ0v) is 8.90. The van der Waals surface area contributed by atoms with Gasteiger partial charge in [-0.15, -0.1) is 0 Å². The Morgan fingerprint density at radius 1 is 0.571 bits per heavy atom. The second-order valence-corrected chi connectivity index (χ2v) is 3.53. The van der Waals surface area contributed by atoms with Gasteiger partial charge in [-0.25, -0.2) is 4.39 Å². The summed E-state index contributed by atoms with van der Waals surface area (Å²) in [6, 6.07) is 0. The Labute approximate surface area is 105 Å². The Morgan fingerprint density at radius 2 is 0.810 bits per heavy atom. The van der Waals surface area contributed by atoms with Gasteiger partial charge in [0.05, 0.1) is 0 Å². The molecule has 0 N–H and O–H groups in total. The fourth-order valence-electron chi connectivity index (χ4n) is 1.12. The van der Waals surface area contributed by atoms with Gasteiger partial charge in [-0.05, 0) is 0 Å². The van der Waals surface area contributed by atoms with Crippen LogP contribution in [0.15, 0.2) is 0 Å². The van der Waals surface area contributed by atoms with Crippen LogP contribution in [0.2, 0.25) is 0 Å². The molecule has 0 unspecified atom stereocenters. The van der Waals surface area contributed by atoms with Gasteiger partial charge in [0.15, 0.2) is 0 Å². The monoisotopic (exact) mass is 348 g/mol. The molecule has 0 aromatic carbocycles. The number of carbonyl (C=O) groups excluding carboxylic acids is 1. The minimum atomic E-state index is -7.36. The van der Waals surface area contributed by atoms with Gasteiger partial charge in [0.1, 0.15) is 0 Å². The second-order valence-electron chi connectivity index (χ2n) is 3.53. The summed E-state index contributed by atoms with van der Waals surface area (Å²) in [4.78, 5) is 10.5. The zero-order valence-electron chi connectivity index (χ0n) is 8.90. The highest BCUT2D eigenvalue weighted by atomic mass is 19.4. The topological polar surface area (TPSA) is 17.1 Å². The van der Waals surface area contributed by atoms with Crippen molar-refractivity contribution in [2.45, 2.75) is 30.4 Å². The molecule has 0 radical (unpaired) electrons. The number of Topliss-reactive ketones (excluding diaryl/α,β-unsaturated/α-hetero) is 1. The van der Waals surface area contributed by atoms with Crippen molar-refractivity contribution < 1.29 is 61.9 Å². The number of hydrogen-bond donors (Lipinski definition) is 0. The number of hydrogen-bond acceptors (Lipinski definition) is 1. The van der Waals surface area contributed by atoms with Crippen molar-refractivity contribution in [1.29, 1.82) is 0 Å². The van der Waals surface area contributed by atoms with Gasteiger partial charge >= 0.3 is 30.4 Å². The average Bonchev–Trinajstić information content (AvgIpc) is 2.07. The third kappa shape index (κ3) is 3.51. The molecule has 0 aromatic heterocycles. The molecule has 21 heavy (non-hydrogen) atoms. The number of alkyl halides is 13. The van der Waals surface area contributed by atoms with Gasteiger partial charge in [-0.3, -0.25) is 4.79 Å². The fraction of sp³-hybridized carbons (Fsp3) is 0.857. The third-order valence-corrected chi connectivity index (χ3v) is 2.04. The molecule has 0 rings (SSSR count). The molecule has 0 aliphatic carbocycles. The first-order valence-corrected chi connectivity index (χ1v) is 4.28. The van der Waals surface area contributed by atoms with E-state index in [1.54, 1.807) is 0 Å². The van der Waals surface area contributed by atoms with E-state index in [9.17, 15) is 61.9 Å². The molecule has 0 aliphatic rings. The van der Waals surface area contributed by atoms with Crippen LogP contribution in [0.25, 0.3) is 0 Å². The fourth-order valence-corrected chi connectivity index (χ4v) is 1.12. The molecule has 0 saturated carbocycles. The highest BCUT2D eigenvalue weighted by Gasteiger charge is 2.81. The maximum Gasteiger partial charge on any atom is 0.439 e. The van der Waals surface area contributed by atoms with Crippen LogP contribution >= 0.6 is 0 Å². The quantitative estimate of drug-likeness (QED) is 0.686. The van der Waals surface area contributed by atoms with Gasteiger partial charge < -0.3 is 0 Å². The van der Waals surface area contributed by atoms with Crippen LogP contribution in [0.3, 0.4) is 0 Å². The van der Waals surface area contributed by atoms with Gasteiger partial charge in [0, 0.05) is 0 Å². The van der Waals surface area contributed by atoms with E-state index in [1.807, 2.05) is 0 Å². The third-order valence-electron chi connectivity index (χ3n) is 2.04. The Hall–Kier alpha value is -1.24. The van der Waals surface area contributed by atoms with E-state index in [1.165, 1.54) is 0 Å². The van der Waals surface area contributed by atoms with Crippen LogP contribution < -0.4 is 0 Å². The highest BCUT2D eigenvalue weighted by molar-refractivity contribution is 5.92. The molecule has 0 amide bonds. The SMILES string of the molecule is O=C(C(C(F)(F)F)C(F)(F)F)C(F)(C(F)(F)F)C(F)(F)F. The Bertz CT molecular complexity index is 365. The van der Waals surface area contributed by atoms with E-state index in [0.29, 0.717) is 0 Å². The van der Waals surface area contributed by atoms with Crippen molar-refractivity contribution in [1.82, 2.24) is 0 Å². The van der Waals surface area contributed by atoms with Crippen molar-refractivity contribution in [2.24, 2.45) is 5.92 Å². The van der Waals surface area contributed by atoms with Crippen LogP contribution in [0.4, 0.5) is 57.1 Å². The molecular formula is C7HF13O. The predicted molar refractivity (Wildman–Crippen MR) is 36.6 cm³/mol.